The van der Waals surface area contributed by atoms with E-state index in [0.717, 1.165) is 13.2 Å². The molecule has 1 fully saturated rings. The third-order valence-corrected chi connectivity index (χ3v) is 2.09. The fraction of sp³-hybridized carbons (Fsp3) is 0.400. The van der Waals surface area contributed by atoms with Gasteiger partial charge in [-0.2, -0.15) is 0 Å². The Morgan fingerprint density at radius 2 is 2.23 bits per heavy atom. The maximum Gasteiger partial charge on any atom is 0.132 e. The summed E-state index contributed by atoms with van der Waals surface area (Å²) in [7, 11) is 0. The molecule has 1 aliphatic rings. The van der Waals surface area contributed by atoms with Crippen LogP contribution in [0, 0.1) is 0 Å². The van der Waals surface area contributed by atoms with Crippen LogP contribution in [-0.4, -0.2) is 12.8 Å². The van der Waals surface area contributed by atoms with E-state index in [1.807, 2.05) is 12.1 Å². The standard InChI is InChI=1S/C10H14N2O/c11-5-8-2-1-3-9(4-8)6-12-10-7-13-10/h1-4,10,12H,5-7,11H2. The molecule has 3 N–H and O–H groups in total. The first-order chi connectivity index (χ1) is 6.38. The molecule has 70 valence electrons. The first-order valence-electron chi connectivity index (χ1n) is 4.51. The summed E-state index contributed by atoms with van der Waals surface area (Å²) in [6.07, 6.45) is 0.279. The molecular formula is C10H14N2O. The van der Waals surface area contributed by atoms with Crippen molar-refractivity contribution in [2.75, 3.05) is 6.61 Å². The molecule has 1 saturated heterocycles. The number of rotatable bonds is 4. The third kappa shape index (κ3) is 2.52. The van der Waals surface area contributed by atoms with Gasteiger partial charge in [0, 0.05) is 13.1 Å². The van der Waals surface area contributed by atoms with Crippen LogP contribution in [-0.2, 0) is 17.8 Å². The van der Waals surface area contributed by atoms with Crippen molar-refractivity contribution in [2.45, 2.75) is 19.3 Å². The number of benzene rings is 1. The zero-order chi connectivity index (χ0) is 9.10. The van der Waals surface area contributed by atoms with Gasteiger partial charge in [-0.05, 0) is 11.1 Å². The second kappa shape index (κ2) is 3.87. The van der Waals surface area contributed by atoms with Crippen molar-refractivity contribution < 1.29 is 4.74 Å². The summed E-state index contributed by atoms with van der Waals surface area (Å²) >= 11 is 0. The molecule has 1 heterocycles. The Balaban J connectivity index is 1.93. The Morgan fingerprint density at radius 3 is 2.92 bits per heavy atom. The smallest absolute Gasteiger partial charge is 0.132 e. The van der Waals surface area contributed by atoms with Gasteiger partial charge in [-0.15, -0.1) is 0 Å². The maximum absolute atomic E-state index is 5.54. The van der Waals surface area contributed by atoms with Gasteiger partial charge in [0.2, 0.25) is 0 Å². The minimum absolute atomic E-state index is 0.279. The maximum atomic E-state index is 5.54. The predicted octanol–water partition coefficient (Wildman–Crippen LogP) is 0.591. The largest absolute Gasteiger partial charge is 0.357 e. The lowest BCUT2D eigenvalue weighted by molar-refractivity contribution is 0.368. The molecule has 1 aromatic carbocycles. The summed E-state index contributed by atoms with van der Waals surface area (Å²) < 4.78 is 5.05. The van der Waals surface area contributed by atoms with Gasteiger partial charge in [-0.1, -0.05) is 24.3 Å². The monoisotopic (exact) mass is 178 g/mol. The van der Waals surface area contributed by atoms with E-state index in [1.54, 1.807) is 0 Å². The highest BCUT2D eigenvalue weighted by molar-refractivity contribution is 5.23. The number of hydrogen-bond donors (Lipinski definition) is 2. The van der Waals surface area contributed by atoms with Crippen LogP contribution in [0.25, 0.3) is 0 Å². The van der Waals surface area contributed by atoms with Gasteiger partial charge in [-0.3, -0.25) is 5.32 Å². The van der Waals surface area contributed by atoms with Crippen LogP contribution in [0.15, 0.2) is 24.3 Å². The molecule has 0 amide bonds. The van der Waals surface area contributed by atoms with Crippen molar-refractivity contribution in [2.24, 2.45) is 5.73 Å². The number of hydrogen-bond acceptors (Lipinski definition) is 3. The zero-order valence-corrected chi connectivity index (χ0v) is 7.49. The number of epoxide rings is 1. The van der Waals surface area contributed by atoms with E-state index in [4.69, 9.17) is 10.5 Å². The highest BCUT2D eigenvalue weighted by Gasteiger charge is 2.20. The molecule has 1 aromatic rings. The van der Waals surface area contributed by atoms with Crippen LogP contribution >= 0.6 is 0 Å². The Kier molecular flexibility index (Phi) is 2.59. The molecule has 13 heavy (non-hydrogen) atoms. The quantitative estimate of drug-likeness (QED) is 0.663. The summed E-state index contributed by atoms with van der Waals surface area (Å²) in [5, 5.41) is 3.26. The zero-order valence-electron chi connectivity index (χ0n) is 7.49. The van der Waals surface area contributed by atoms with Gasteiger partial charge in [0.15, 0.2) is 0 Å². The SMILES string of the molecule is NCc1cccc(CNC2CO2)c1. The lowest BCUT2D eigenvalue weighted by Crippen LogP contribution is -2.16. The van der Waals surface area contributed by atoms with Crippen molar-refractivity contribution in [1.82, 2.24) is 5.32 Å². The number of nitrogens with one attached hydrogen (secondary N) is 1. The third-order valence-electron chi connectivity index (χ3n) is 2.09. The van der Waals surface area contributed by atoms with Crippen LogP contribution in [0.4, 0.5) is 0 Å². The molecule has 0 bridgehead atoms. The van der Waals surface area contributed by atoms with E-state index in [9.17, 15) is 0 Å². The first-order valence-corrected chi connectivity index (χ1v) is 4.51. The minimum atomic E-state index is 0.279. The fourth-order valence-electron chi connectivity index (χ4n) is 1.26. The normalized spacial score (nSPS) is 20.2. The highest BCUT2D eigenvalue weighted by atomic mass is 16.6. The minimum Gasteiger partial charge on any atom is -0.357 e. The summed E-state index contributed by atoms with van der Waals surface area (Å²) in [6.45, 7) is 2.31. The first kappa shape index (κ1) is 8.69. The van der Waals surface area contributed by atoms with Gasteiger partial charge in [-0.25, -0.2) is 0 Å². The van der Waals surface area contributed by atoms with Gasteiger partial charge >= 0.3 is 0 Å². The Morgan fingerprint density at radius 1 is 1.46 bits per heavy atom. The lowest BCUT2D eigenvalue weighted by atomic mass is 10.1. The molecule has 3 nitrogen and oxygen atoms in total. The van der Waals surface area contributed by atoms with Gasteiger partial charge in [0.05, 0.1) is 6.61 Å². The van der Waals surface area contributed by atoms with E-state index in [-0.39, 0.29) is 6.23 Å². The summed E-state index contributed by atoms with van der Waals surface area (Å²) in [5.41, 5.74) is 7.98. The number of ether oxygens (including phenoxy) is 1. The molecular weight excluding hydrogens is 164 g/mol. The van der Waals surface area contributed by atoms with Crippen molar-refractivity contribution in [3.8, 4) is 0 Å². The van der Waals surface area contributed by atoms with Gasteiger partial charge in [0.1, 0.15) is 6.23 Å². The molecule has 0 radical (unpaired) electrons. The van der Waals surface area contributed by atoms with Crippen molar-refractivity contribution in [3.05, 3.63) is 35.4 Å². The Labute approximate surface area is 77.9 Å². The topological polar surface area (TPSA) is 50.6 Å². The molecule has 1 aliphatic heterocycles. The van der Waals surface area contributed by atoms with Crippen LogP contribution in [0.2, 0.25) is 0 Å². The van der Waals surface area contributed by atoms with Crippen LogP contribution in [0.5, 0.6) is 0 Å². The average Bonchev–Trinajstić information content (AvgIpc) is 2.99. The van der Waals surface area contributed by atoms with E-state index in [0.29, 0.717) is 6.54 Å². The fourth-order valence-corrected chi connectivity index (χ4v) is 1.26. The van der Waals surface area contributed by atoms with Crippen LogP contribution in [0.1, 0.15) is 11.1 Å². The molecule has 0 saturated carbocycles. The molecule has 1 atom stereocenters. The van der Waals surface area contributed by atoms with Crippen LogP contribution < -0.4 is 11.1 Å². The molecule has 0 spiro atoms. The predicted molar refractivity (Wildman–Crippen MR) is 50.9 cm³/mol. The van der Waals surface area contributed by atoms with Crippen molar-refractivity contribution in [3.63, 3.8) is 0 Å². The average molecular weight is 178 g/mol. The van der Waals surface area contributed by atoms with Gasteiger partial charge in [0.25, 0.3) is 0 Å². The van der Waals surface area contributed by atoms with Crippen molar-refractivity contribution in [1.29, 1.82) is 0 Å². The Hall–Kier alpha value is -0.900. The molecule has 3 heteroatoms. The van der Waals surface area contributed by atoms with Crippen molar-refractivity contribution >= 4 is 0 Å². The molecule has 1 unspecified atom stereocenters. The van der Waals surface area contributed by atoms with Crippen LogP contribution in [0.3, 0.4) is 0 Å². The van der Waals surface area contributed by atoms with Gasteiger partial charge < -0.3 is 10.5 Å². The number of nitrogens with two attached hydrogens (primary N) is 1. The summed E-state index contributed by atoms with van der Waals surface area (Å²) in [5.74, 6) is 0. The van der Waals surface area contributed by atoms with E-state index in [2.05, 4.69) is 17.4 Å². The summed E-state index contributed by atoms with van der Waals surface area (Å²) in [4.78, 5) is 0. The molecule has 2 rings (SSSR count). The highest BCUT2D eigenvalue weighted by Crippen LogP contribution is 2.08. The lowest BCUT2D eigenvalue weighted by Gasteiger charge is -2.03. The second-order valence-corrected chi connectivity index (χ2v) is 3.23. The summed E-state index contributed by atoms with van der Waals surface area (Å²) in [6, 6.07) is 8.29. The Bertz CT molecular complexity index is 284. The molecule has 0 aromatic heterocycles. The second-order valence-electron chi connectivity index (χ2n) is 3.23. The molecule has 0 aliphatic carbocycles. The van der Waals surface area contributed by atoms with E-state index in [1.165, 1.54) is 11.1 Å². The van der Waals surface area contributed by atoms with E-state index >= 15 is 0 Å². The van der Waals surface area contributed by atoms with E-state index < -0.39 is 0 Å².